The number of rotatable bonds is 4. The van der Waals surface area contributed by atoms with Crippen molar-refractivity contribution in [1.29, 1.82) is 0 Å². The smallest absolute Gasteiger partial charge is 0.0153 e. The van der Waals surface area contributed by atoms with E-state index in [0.29, 0.717) is 0 Å². The molecule has 0 N–H and O–H groups in total. The molecule has 0 nitrogen and oxygen atoms in total. The maximum Gasteiger partial charge on any atom is 0.0153 e. The summed E-state index contributed by atoms with van der Waals surface area (Å²) in [6.45, 7) is 2.22. The average Bonchev–Trinajstić information content (AvgIpc) is 1.68. The molecule has 0 aromatic rings. The third-order valence-corrected chi connectivity index (χ3v) is 2.56. The molecule has 0 fully saturated rings. The fourth-order valence-corrected chi connectivity index (χ4v) is 2.87. The summed E-state index contributed by atoms with van der Waals surface area (Å²) in [6, 6.07) is 0. The maximum atomic E-state index is 3.59. The Hall–Kier alpha value is 1.21. The minimum atomic E-state index is 0.768. The monoisotopic (exact) mass is 290 g/mol. The van der Waals surface area contributed by atoms with Crippen molar-refractivity contribution in [3.63, 3.8) is 0 Å². The number of alkyl halides is 2. The standard InChI is InChI=1S/C6H12BrI/c1-2-3-6(7)4-5-8/h6H,2-5H2,1H3. The normalized spacial score (nSPS) is 13.9. The zero-order valence-electron chi connectivity index (χ0n) is 5.16. The van der Waals surface area contributed by atoms with Crippen LogP contribution < -0.4 is 0 Å². The molecule has 0 aliphatic carbocycles. The highest BCUT2D eigenvalue weighted by atomic mass is 127. The first kappa shape index (κ1) is 9.21. The first-order valence-corrected chi connectivity index (χ1v) is 5.45. The molecule has 2 heteroatoms. The van der Waals surface area contributed by atoms with E-state index in [1.165, 1.54) is 23.7 Å². The summed E-state index contributed by atoms with van der Waals surface area (Å²) in [6.07, 6.45) is 3.93. The van der Waals surface area contributed by atoms with Crippen molar-refractivity contribution >= 4 is 38.5 Å². The van der Waals surface area contributed by atoms with Gasteiger partial charge in [0.25, 0.3) is 0 Å². The second-order valence-electron chi connectivity index (χ2n) is 1.86. The summed E-state index contributed by atoms with van der Waals surface area (Å²) in [5.74, 6) is 0. The van der Waals surface area contributed by atoms with E-state index in [1.807, 2.05) is 0 Å². The van der Waals surface area contributed by atoms with Gasteiger partial charge in [-0.2, -0.15) is 0 Å². The van der Waals surface area contributed by atoms with Crippen LogP contribution in [0.5, 0.6) is 0 Å². The van der Waals surface area contributed by atoms with Gasteiger partial charge in [-0.25, -0.2) is 0 Å². The molecule has 0 amide bonds. The Kier molecular flexibility index (Phi) is 7.29. The van der Waals surface area contributed by atoms with E-state index in [4.69, 9.17) is 0 Å². The lowest BCUT2D eigenvalue weighted by atomic mass is 10.2. The van der Waals surface area contributed by atoms with Crippen molar-refractivity contribution in [2.45, 2.75) is 31.0 Å². The van der Waals surface area contributed by atoms with Crippen LogP contribution in [0.15, 0.2) is 0 Å². The lowest BCUT2D eigenvalue weighted by Gasteiger charge is -2.02. The molecular formula is C6H12BrI. The summed E-state index contributed by atoms with van der Waals surface area (Å²) >= 11 is 6.01. The zero-order chi connectivity index (χ0) is 6.41. The molecule has 0 radical (unpaired) electrons. The van der Waals surface area contributed by atoms with E-state index in [1.54, 1.807) is 0 Å². The lowest BCUT2D eigenvalue weighted by Crippen LogP contribution is -1.96. The fraction of sp³-hybridized carbons (Fsp3) is 1.00. The van der Waals surface area contributed by atoms with Crippen LogP contribution in [0.25, 0.3) is 0 Å². The minimum absolute atomic E-state index is 0.768. The highest BCUT2D eigenvalue weighted by molar-refractivity contribution is 14.1. The third kappa shape index (κ3) is 5.35. The molecule has 0 aromatic heterocycles. The Bertz CT molecular complexity index is 41.8. The van der Waals surface area contributed by atoms with Gasteiger partial charge in [0.15, 0.2) is 0 Å². The second-order valence-corrected chi connectivity index (χ2v) is 4.24. The van der Waals surface area contributed by atoms with Crippen LogP contribution in [-0.4, -0.2) is 9.25 Å². The predicted octanol–water partition coefficient (Wildman–Crippen LogP) is 3.38. The van der Waals surface area contributed by atoms with Gasteiger partial charge in [-0.1, -0.05) is 51.9 Å². The van der Waals surface area contributed by atoms with Crippen molar-refractivity contribution in [1.82, 2.24) is 0 Å². The van der Waals surface area contributed by atoms with Gasteiger partial charge >= 0.3 is 0 Å². The minimum Gasteiger partial charge on any atom is -0.0890 e. The third-order valence-electron chi connectivity index (χ3n) is 1.02. The average molecular weight is 291 g/mol. The van der Waals surface area contributed by atoms with Crippen molar-refractivity contribution in [3.05, 3.63) is 0 Å². The van der Waals surface area contributed by atoms with Gasteiger partial charge in [0.1, 0.15) is 0 Å². The highest BCUT2D eigenvalue weighted by Gasteiger charge is 1.98. The van der Waals surface area contributed by atoms with Crippen molar-refractivity contribution in [2.75, 3.05) is 4.43 Å². The Morgan fingerprint density at radius 1 is 1.50 bits per heavy atom. The molecule has 0 aliphatic heterocycles. The zero-order valence-corrected chi connectivity index (χ0v) is 8.91. The van der Waals surface area contributed by atoms with E-state index < -0.39 is 0 Å². The molecular weight excluding hydrogens is 279 g/mol. The number of hydrogen-bond donors (Lipinski definition) is 0. The summed E-state index contributed by atoms with van der Waals surface area (Å²) in [7, 11) is 0. The molecule has 0 saturated heterocycles. The van der Waals surface area contributed by atoms with Crippen molar-refractivity contribution < 1.29 is 0 Å². The fourth-order valence-electron chi connectivity index (χ4n) is 0.576. The lowest BCUT2D eigenvalue weighted by molar-refractivity contribution is 0.738. The van der Waals surface area contributed by atoms with Crippen LogP contribution in [0, 0.1) is 0 Å². The van der Waals surface area contributed by atoms with Gasteiger partial charge in [-0.15, -0.1) is 0 Å². The molecule has 1 atom stereocenters. The first-order valence-electron chi connectivity index (χ1n) is 3.01. The van der Waals surface area contributed by atoms with Gasteiger partial charge < -0.3 is 0 Å². The summed E-state index contributed by atoms with van der Waals surface area (Å²) < 4.78 is 1.27. The molecule has 0 spiro atoms. The maximum absolute atomic E-state index is 3.59. The van der Waals surface area contributed by atoms with Gasteiger partial charge in [-0.3, -0.25) is 0 Å². The van der Waals surface area contributed by atoms with E-state index in [2.05, 4.69) is 45.4 Å². The van der Waals surface area contributed by atoms with Gasteiger partial charge in [-0.05, 0) is 12.8 Å². The molecule has 0 saturated carbocycles. The molecule has 50 valence electrons. The van der Waals surface area contributed by atoms with Gasteiger partial charge in [0.2, 0.25) is 0 Å². The van der Waals surface area contributed by atoms with Crippen LogP contribution in [0.3, 0.4) is 0 Å². The second kappa shape index (κ2) is 6.33. The molecule has 0 rings (SSSR count). The topological polar surface area (TPSA) is 0 Å². The molecule has 8 heavy (non-hydrogen) atoms. The SMILES string of the molecule is CCCC(Br)CCI. The molecule has 1 unspecified atom stereocenters. The Balaban J connectivity index is 2.92. The highest BCUT2D eigenvalue weighted by Crippen LogP contribution is 2.12. The van der Waals surface area contributed by atoms with Gasteiger partial charge in [0, 0.05) is 9.25 Å². The molecule has 0 heterocycles. The van der Waals surface area contributed by atoms with Crippen LogP contribution in [0.1, 0.15) is 26.2 Å². The largest absolute Gasteiger partial charge is 0.0890 e. The summed E-state index contributed by atoms with van der Waals surface area (Å²) in [4.78, 5) is 0.768. The van der Waals surface area contributed by atoms with E-state index in [0.717, 1.165) is 4.83 Å². The van der Waals surface area contributed by atoms with Crippen LogP contribution in [-0.2, 0) is 0 Å². The Morgan fingerprint density at radius 2 is 2.12 bits per heavy atom. The quantitative estimate of drug-likeness (QED) is 0.550. The van der Waals surface area contributed by atoms with E-state index in [9.17, 15) is 0 Å². The van der Waals surface area contributed by atoms with Crippen molar-refractivity contribution in [2.24, 2.45) is 0 Å². The number of halogens is 2. The number of hydrogen-bond acceptors (Lipinski definition) is 0. The summed E-state index contributed by atoms with van der Waals surface area (Å²) in [5.41, 5.74) is 0. The molecule has 0 aliphatic rings. The Labute approximate surface area is 73.7 Å². The van der Waals surface area contributed by atoms with Crippen LogP contribution >= 0.6 is 38.5 Å². The molecule has 0 bridgehead atoms. The Morgan fingerprint density at radius 3 is 2.50 bits per heavy atom. The predicted molar refractivity (Wildman–Crippen MR) is 51.1 cm³/mol. The van der Waals surface area contributed by atoms with Crippen LogP contribution in [0.4, 0.5) is 0 Å². The van der Waals surface area contributed by atoms with Crippen LogP contribution in [0.2, 0.25) is 0 Å². The van der Waals surface area contributed by atoms with E-state index >= 15 is 0 Å². The summed E-state index contributed by atoms with van der Waals surface area (Å²) in [5, 5.41) is 0. The van der Waals surface area contributed by atoms with Gasteiger partial charge in [0.05, 0.1) is 0 Å². The molecule has 0 aromatic carbocycles. The van der Waals surface area contributed by atoms with E-state index in [-0.39, 0.29) is 0 Å². The van der Waals surface area contributed by atoms with Crippen molar-refractivity contribution in [3.8, 4) is 0 Å². The first-order chi connectivity index (χ1) is 3.81.